The predicted octanol–water partition coefficient (Wildman–Crippen LogP) is 2.79. The van der Waals surface area contributed by atoms with Gasteiger partial charge in [-0.05, 0) is 24.6 Å². The summed E-state index contributed by atoms with van der Waals surface area (Å²) in [6.07, 6.45) is 0. The maximum atomic E-state index is 10.5. The molecule has 0 unspecified atom stereocenters. The molecule has 1 rings (SSSR count). The Bertz CT molecular complexity index is 352. The molecule has 3 N–H and O–H groups in total. The molecule has 0 aliphatic heterocycles. The molecule has 5 heteroatoms. The molecule has 1 aromatic rings. The van der Waals surface area contributed by atoms with Gasteiger partial charge >= 0.3 is 6.03 Å². The number of primary amides is 1. The van der Waals surface area contributed by atoms with Crippen LogP contribution in [0.25, 0.3) is 0 Å². The van der Waals surface area contributed by atoms with Crippen LogP contribution in [0.5, 0.6) is 0 Å². The molecular formula is C8H8Cl2N2O. The van der Waals surface area contributed by atoms with Crippen molar-refractivity contribution in [2.24, 2.45) is 5.73 Å². The van der Waals surface area contributed by atoms with E-state index in [1.165, 1.54) is 0 Å². The van der Waals surface area contributed by atoms with Crippen LogP contribution in [0.1, 0.15) is 5.56 Å². The van der Waals surface area contributed by atoms with Crippen LogP contribution in [0.3, 0.4) is 0 Å². The lowest BCUT2D eigenvalue weighted by molar-refractivity contribution is 0.259. The zero-order valence-corrected chi connectivity index (χ0v) is 8.41. The Kier molecular flexibility index (Phi) is 3.01. The number of hydrogen-bond donors (Lipinski definition) is 2. The van der Waals surface area contributed by atoms with Gasteiger partial charge in [0.25, 0.3) is 0 Å². The quantitative estimate of drug-likeness (QED) is 0.749. The van der Waals surface area contributed by atoms with Crippen molar-refractivity contribution < 1.29 is 4.79 Å². The highest BCUT2D eigenvalue weighted by molar-refractivity contribution is 6.38. The molecule has 0 aromatic heterocycles. The number of rotatable bonds is 1. The third kappa shape index (κ3) is 2.26. The van der Waals surface area contributed by atoms with Gasteiger partial charge in [0.15, 0.2) is 0 Å². The Balaban J connectivity index is 3.10. The van der Waals surface area contributed by atoms with E-state index in [1.807, 2.05) is 0 Å². The van der Waals surface area contributed by atoms with Crippen LogP contribution in [-0.4, -0.2) is 6.03 Å². The number of nitrogens with one attached hydrogen (secondary N) is 1. The molecule has 0 aliphatic carbocycles. The van der Waals surface area contributed by atoms with Crippen molar-refractivity contribution >= 4 is 34.9 Å². The van der Waals surface area contributed by atoms with Gasteiger partial charge in [0.2, 0.25) is 0 Å². The molecule has 70 valence electrons. The largest absolute Gasteiger partial charge is 0.351 e. The van der Waals surface area contributed by atoms with Gasteiger partial charge in [-0.15, -0.1) is 0 Å². The van der Waals surface area contributed by atoms with Crippen molar-refractivity contribution in [2.75, 3.05) is 5.32 Å². The zero-order valence-electron chi connectivity index (χ0n) is 6.90. The van der Waals surface area contributed by atoms with Gasteiger partial charge in [-0.3, -0.25) is 0 Å². The first kappa shape index (κ1) is 10.2. The molecule has 13 heavy (non-hydrogen) atoms. The second kappa shape index (κ2) is 3.85. The summed E-state index contributed by atoms with van der Waals surface area (Å²) in [5.41, 5.74) is 6.13. The third-order valence-corrected chi connectivity index (χ3v) is 2.47. The summed E-state index contributed by atoms with van der Waals surface area (Å²) in [7, 11) is 0. The average Bonchev–Trinajstić information content (AvgIpc) is 2.06. The molecule has 0 heterocycles. The van der Waals surface area contributed by atoms with E-state index < -0.39 is 6.03 Å². The smallest absolute Gasteiger partial charge is 0.316 e. The van der Waals surface area contributed by atoms with Crippen molar-refractivity contribution in [3.63, 3.8) is 0 Å². The summed E-state index contributed by atoms with van der Waals surface area (Å²) < 4.78 is 0. The monoisotopic (exact) mass is 218 g/mol. The zero-order chi connectivity index (χ0) is 10.0. The molecule has 0 bridgehead atoms. The lowest BCUT2D eigenvalue weighted by atomic mass is 10.2. The topological polar surface area (TPSA) is 55.1 Å². The molecule has 0 aliphatic rings. The SMILES string of the molecule is Cc1c(Cl)ccc(NC(N)=O)c1Cl. The van der Waals surface area contributed by atoms with Crippen molar-refractivity contribution in [3.05, 3.63) is 27.7 Å². The van der Waals surface area contributed by atoms with Crippen LogP contribution in [0.15, 0.2) is 12.1 Å². The summed E-state index contributed by atoms with van der Waals surface area (Å²) >= 11 is 11.7. The number of nitrogens with two attached hydrogens (primary N) is 1. The first-order valence-corrected chi connectivity index (χ1v) is 4.29. The number of urea groups is 1. The predicted molar refractivity (Wildman–Crippen MR) is 54.4 cm³/mol. The maximum Gasteiger partial charge on any atom is 0.316 e. The van der Waals surface area contributed by atoms with Crippen molar-refractivity contribution in [1.29, 1.82) is 0 Å². The number of hydrogen-bond acceptors (Lipinski definition) is 1. The van der Waals surface area contributed by atoms with Crippen LogP contribution < -0.4 is 11.1 Å². The maximum absolute atomic E-state index is 10.5. The number of carbonyl (C=O) groups is 1. The van der Waals surface area contributed by atoms with Gasteiger partial charge in [-0.1, -0.05) is 23.2 Å². The number of amides is 2. The first-order chi connectivity index (χ1) is 6.02. The van der Waals surface area contributed by atoms with E-state index in [1.54, 1.807) is 19.1 Å². The van der Waals surface area contributed by atoms with E-state index in [4.69, 9.17) is 28.9 Å². The Morgan fingerprint density at radius 3 is 2.62 bits per heavy atom. The number of halogens is 2. The van der Waals surface area contributed by atoms with E-state index in [0.29, 0.717) is 15.7 Å². The fourth-order valence-electron chi connectivity index (χ4n) is 0.891. The highest BCUT2D eigenvalue weighted by Crippen LogP contribution is 2.30. The van der Waals surface area contributed by atoms with Crippen LogP contribution in [0.2, 0.25) is 10.0 Å². The van der Waals surface area contributed by atoms with Crippen molar-refractivity contribution in [2.45, 2.75) is 6.92 Å². The molecule has 0 saturated heterocycles. The molecule has 2 amide bonds. The fourth-order valence-corrected chi connectivity index (χ4v) is 1.31. The second-order valence-electron chi connectivity index (χ2n) is 2.52. The van der Waals surface area contributed by atoms with Crippen LogP contribution in [0, 0.1) is 6.92 Å². The van der Waals surface area contributed by atoms with Crippen LogP contribution >= 0.6 is 23.2 Å². The summed E-state index contributed by atoms with van der Waals surface area (Å²) in [6, 6.07) is 2.60. The highest BCUT2D eigenvalue weighted by atomic mass is 35.5. The van der Waals surface area contributed by atoms with Gasteiger partial charge in [-0.25, -0.2) is 4.79 Å². The van der Waals surface area contributed by atoms with E-state index in [0.717, 1.165) is 5.56 Å². The first-order valence-electron chi connectivity index (χ1n) is 3.53. The Morgan fingerprint density at radius 2 is 2.08 bits per heavy atom. The van der Waals surface area contributed by atoms with Gasteiger partial charge in [0, 0.05) is 5.02 Å². The molecule has 0 spiro atoms. The van der Waals surface area contributed by atoms with Gasteiger partial charge < -0.3 is 11.1 Å². The average molecular weight is 219 g/mol. The van der Waals surface area contributed by atoms with E-state index in [9.17, 15) is 4.79 Å². The lowest BCUT2D eigenvalue weighted by Gasteiger charge is -2.07. The lowest BCUT2D eigenvalue weighted by Crippen LogP contribution is -2.19. The molecule has 0 saturated carbocycles. The van der Waals surface area contributed by atoms with Gasteiger partial charge in [0.1, 0.15) is 0 Å². The van der Waals surface area contributed by atoms with Crippen molar-refractivity contribution in [3.8, 4) is 0 Å². The standard InChI is InChI=1S/C8H8Cl2N2O/c1-4-5(9)2-3-6(7(4)10)12-8(11)13/h2-3H,1H3,(H3,11,12,13). The van der Waals surface area contributed by atoms with E-state index in [2.05, 4.69) is 5.32 Å². The van der Waals surface area contributed by atoms with E-state index in [-0.39, 0.29) is 0 Å². The summed E-state index contributed by atoms with van der Waals surface area (Å²) in [4.78, 5) is 10.5. The third-order valence-electron chi connectivity index (χ3n) is 1.58. The summed E-state index contributed by atoms with van der Waals surface area (Å²) in [6.45, 7) is 1.76. The molecule has 0 atom stereocenters. The second-order valence-corrected chi connectivity index (χ2v) is 3.31. The Hall–Kier alpha value is -0.930. The van der Waals surface area contributed by atoms with Gasteiger partial charge in [-0.2, -0.15) is 0 Å². The number of anilines is 1. The normalized spacial score (nSPS) is 9.77. The minimum atomic E-state index is -0.649. The molecule has 0 radical (unpaired) electrons. The number of benzene rings is 1. The summed E-state index contributed by atoms with van der Waals surface area (Å²) in [5.74, 6) is 0. The fraction of sp³-hybridized carbons (Fsp3) is 0.125. The Labute approximate surface area is 85.8 Å². The van der Waals surface area contributed by atoms with Gasteiger partial charge in [0.05, 0.1) is 10.7 Å². The highest BCUT2D eigenvalue weighted by Gasteiger charge is 2.07. The molecular weight excluding hydrogens is 211 g/mol. The minimum Gasteiger partial charge on any atom is -0.351 e. The summed E-state index contributed by atoms with van der Waals surface area (Å²) in [5, 5.41) is 3.35. The number of carbonyl (C=O) groups excluding carboxylic acids is 1. The van der Waals surface area contributed by atoms with Crippen LogP contribution in [0.4, 0.5) is 10.5 Å². The van der Waals surface area contributed by atoms with Crippen LogP contribution in [-0.2, 0) is 0 Å². The molecule has 0 fully saturated rings. The molecule has 1 aromatic carbocycles. The van der Waals surface area contributed by atoms with E-state index >= 15 is 0 Å². The van der Waals surface area contributed by atoms with Crippen molar-refractivity contribution in [1.82, 2.24) is 0 Å². The Morgan fingerprint density at radius 1 is 1.46 bits per heavy atom. The molecule has 3 nitrogen and oxygen atoms in total. The minimum absolute atomic E-state index is 0.409.